The van der Waals surface area contributed by atoms with Gasteiger partial charge in [0, 0.05) is 0 Å². The van der Waals surface area contributed by atoms with Crippen LogP contribution < -0.4 is 44.2 Å². The summed E-state index contributed by atoms with van der Waals surface area (Å²) in [5, 5.41) is 10.8. The zero-order valence-corrected chi connectivity index (χ0v) is 31.0. The Morgan fingerprint density at radius 2 is 0.520 bits per heavy atom. The first-order valence-electron chi connectivity index (χ1n) is 16.1. The molecule has 0 saturated carbocycles. The fraction of sp³-hybridized carbons (Fsp3) is 0. The second-order valence-electron chi connectivity index (χ2n) is 10.9. The minimum absolute atomic E-state index is 0. The fourth-order valence-corrected chi connectivity index (χ4v) is 10.0. The molecule has 8 aromatic carbocycles. The first kappa shape index (κ1) is 38.5. The summed E-state index contributed by atoms with van der Waals surface area (Å²) in [4.78, 5) is 0. The third-order valence-electron chi connectivity index (χ3n) is 7.66. The van der Waals surface area contributed by atoms with Crippen molar-refractivity contribution in [1.29, 1.82) is 0 Å². The molecule has 8 rings (SSSR count). The number of benzene rings is 8. The van der Waals surface area contributed by atoms with Gasteiger partial charge in [0.05, 0.1) is 0 Å². The van der Waals surface area contributed by atoms with Crippen LogP contribution in [0.5, 0.6) is 0 Å². The molecule has 0 nitrogen and oxygen atoms in total. The first-order chi connectivity index (χ1) is 23.9. The Kier molecular flexibility index (Phi) is 16.2. The Morgan fingerprint density at radius 1 is 0.280 bits per heavy atom. The van der Waals surface area contributed by atoms with Crippen LogP contribution >= 0.6 is 15.8 Å². The molecule has 0 saturated heterocycles. The Balaban J connectivity index is 0.000000173. The van der Waals surface area contributed by atoms with Crippen LogP contribution in [0, 0.1) is 6.07 Å². The third-order valence-corrected chi connectivity index (χ3v) is 12.5. The molecule has 0 spiro atoms. The normalized spacial score (nSPS) is 10.0. The Hall–Kier alpha value is -4.34. The molecule has 0 aromatic heterocycles. The van der Waals surface area contributed by atoms with E-state index in [2.05, 4.69) is 206 Å². The average molecular weight is 746 g/mol. The van der Waals surface area contributed by atoms with Gasteiger partial charge in [-0.15, -0.1) is 47.2 Å². The molecule has 0 aliphatic rings. The Labute approximate surface area is 316 Å². The van der Waals surface area contributed by atoms with Crippen LogP contribution in [0.25, 0.3) is 10.8 Å². The van der Waals surface area contributed by atoms with Gasteiger partial charge in [-0.1, -0.05) is 194 Å². The summed E-state index contributed by atoms with van der Waals surface area (Å²) in [5.41, 5.74) is 0. The molecule has 0 bridgehead atoms. The van der Waals surface area contributed by atoms with Crippen LogP contribution in [0.3, 0.4) is 0 Å². The topological polar surface area (TPSA) is 0 Å². The second-order valence-corrected chi connectivity index (χ2v) is 15.4. The van der Waals surface area contributed by atoms with Crippen LogP contribution in [0.15, 0.2) is 224 Å². The van der Waals surface area contributed by atoms with Crippen molar-refractivity contribution in [3.05, 3.63) is 231 Å². The number of rotatable bonds is 6. The summed E-state index contributed by atoms with van der Waals surface area (Å²) in [6.45, 7) is 0. The van der Waals surface area contributed by atoms with Crippen molar-refractivity contribution in [2.24, 2.45) is 0 Å². The van der Waals surface area contributed by atoms with Crippen LogP contribution in [0.2, 0.25) is 0 Å². The molecule has 0 unspecified atom stereocenters. The molecule has 248 valence electrons. The van der Waals surface area contributed by atoms with Crippen LogP contribution in [-0.2, 0) is 16.5 Å². The fourth-order valence-electron chi connectivity index (χ4n) is 5.42. The van der Waals surface area contributed by atoms with Crippen LogP contribution in [0.1, 0.15) is 0 Å². The van der Waals surface area contributed by atoms with Gasteiger partial charge in [-0.25, -0.2) is 0 Å². The number of hydrogen-bond acceptors (Lipinski definition) is 0. The number of halogens is 1. The van der Waals surface area contributed by atoms with Gasteiger partial charge in [0.1, 0.15) is 0 Å². The van der Waals surface area contributed by atoms with Gasteiger partial charge in [0.2, 0.25) is 0 Å². The predicted octanol–water partition coefficient (Wildman–Crippen LogP) is 6.53. The largest absolute Gasteiger partial charge is 2.00 e. The van der Waals surface area contributed by atoms with E-state index in [9.17, 15) is 0 Å². The molecular weight excluding hydrogens is 709 g/mol. The van der Waals surface area contributed by atoms with E-state index < -0.39 is 15.8 Å². The molecule has 0 N–H and O–H groups in total. The summed E-state index contributed by atoms with van der Waals surface area (Å²) < 4.78 is 0. The molecule has 0 radical (unpaired) electrons. The quantitative estimate of drug-likeness (QED) is 0.103. The van der Waals surface area contributed by atoms with E-state index in [1.165, 1.54) is 42.6 Å². The standard InChI is InChI=1S/2C18H15P.C10H7.ClH.Ni/c2*1-4-10-16(11-5-1)19(17-12-6-2-7-13-17)18-14-8-3-9-15-18;1-2-6-10-8-4-3-7-9(10)5-1;;/h2*1-15H;1-7H;1H;/q;;-1;;+2/p-1. The average Bonchev–Trinajstić information content (AvgIpc) is 3.18. The molecule has 0 fully saturated rings. The van der Waals surface area contributed by atoms with Gasteiger partial charge >= 0.3 is 16.5 Å². The first-order valence-corrected chi connectivity index (χ1v) is 18.8. The minimum atomic E-state index is -0.446. The zero-order valence-electron chi connectivity index (χ0n) is 27.5. The van der Waals surface area contributed by atoms with Crippen molar-refractivity contribution < 1.29 is 28.9 Å². The van der Waals surface area contributed by atoms with Crippen LogP contribution in [-0.4, -0.2) is 0 Å². The SMILES string of the molecule is [Cl-].[Ni+2].[c-]1cccc2ccccc12.c1ccc(P(c2ccccc2)c2ccccc2)cc1.c1ccc(P(c2ccccc2)c2ccccc2)cc1. The summed E-state index contributed by atoms with van der Waals surface area (Å²) in [7, 11) is -0.892. The third kappa shape index (κ3) is 10.8. The van der Waals surface area contributed by atoms with Gasteiger partial charge in [0.15, 0.2) is 0 Å². The number of fused-ring (bicyclic) bond motifs is 1. The van der Waals surface area contributed by atoms with Crippen molar-refractivity contribution in [2.75, 3.05) is 0 Å². The van der Waals surface area contributed by atoms with Gasteiger partial charge in [-0.2, -0.15) is 0 Å². The van der Waals surface area contributed by atoms with Gasteiger partial charge < -0.3 is 12.4 Å². The molecule has 8 aromatic rings. The smallest absolute Gasteiger partial charge is 1.00 e. The summed E-state index contributed by atoms with van der Waals surface area (Å²) in [6.07, 6.45) is 0. The van der Waals surface area contributed by atoms with Gasteiger partial charge in [0.25, 0.3) is 0 Å². The molecule has 0 atom stereocenters. The van der Waals surface area contributed by atoms with E-state index in [0.717, 1.165) is 0 Å². The van der Waals surface area contributed by atoms with Crippen molar-refractivity contribution in [3.63, 3.8) is 0 Å². The van der Waals surface area contributed by atoms with Crippen molar-refractivity contribution in [1.82, 2.24) is 0 Å². The van der Waals surface area contributed by atoms with E-state index in [1.807, 2.05) is 24.3 Å². The monoisotopic (exact) mass is 744 g/mol. The van der Waals surface area contributed by atoms with Crippen molar-refractivity contribution in [2.45, 2.75) is 0 Å². The Bertz CT molecular complexity index is 1690. The molecule has 0 aliphatic heterocycles. The zero-order chi connectivity index (χ0) is 32.6. The molecular formula is C46H37ClNiP2. The van der Waals surface area contributed by atoms with Gasteiger partial charge in [-0.3, -0.25) is 0 Å². The summed E-state index contributed by atoms with van der Waals surface area (Å²) in [5.74, 6) is 0. The molecule has 50 heavy (non-hydrogen) atoms. The van der Waals surface area contributed by atoms with Crippen molar-refractivity contribution in [3.8, 4) is 0 Å². The van der Waals surface area contributed by atoms with Crippen LogP contribution in [0.4, 0.5) is 0 Å². The summed E-state index contributed by atoms with van der Waals surface area (Å²) >= 11 is 0. The van der Waals surface area contributed by atoms with Gasteiger partial charge in [-0.05, 0) is 47.7 Å². The van der Waals surface area contributed by atoms with E-state index in [4.69, 9.17) is 0 Å². The molecule has 0 aliphatic carbocycles. The van der Waals surface area contributed by atoms with E-state index in [1.54, 1.807) is 0 Å². The maximum absolute atomic E-state index is 3.15. The maximum atomic E-state index is 3.15. The predicted molar refractivity (Wildman–Crippen MR) is 213 cm³/mol. The summed E-state index contributed by atoms with van der Waals surface area (Å²) in [6, 6.07) is 82.0. The molecule has 4 heteroatoms. The molecule has 0 amide bonds. The van der Waals surface area contributed by atoms with Crippen molar-refractivity contribution >= 4 is 58.4 Å². The number of hydrogen-bond donors (Lipinski definition) is 0. The van der Waals surface area contributed by atoms with E-state index >= 15 is 0 Å². The van der Waals surface area contributed by atoms with E-state index in [-0.39, 0.29) is 28.9 Å². The maximum Gasteiger partial charge on any atom is 2.00 e. The van der Waals surface area contributed by atoms with E-state index in [0.29, 0.717) is 0 Å². The second kappa shape index (κ2) is 21.0. The minimum Gasteiger partial charge on any atom is -1.00 e. The Morgan fingerprint density at radius 3 is 0.800 bits per heavy atom. The molecule has 0 heterocycles.